The molecule has 0 unspecified atom stereocenters. The summed E-state index contributed by atoms with van der Waals surface area (Å²) in [6.45, 7) is 2.49. The standard InChI is InChI=1S/C8H18BNO4/c1-2-3-4-5-6-14-8(11)10-7-9(12)13/h12-13H,2-7H2,1H3,(H,10,11). The van der Waals surface area contributed by atoms with Gasteiger partial charge in [0.1, 0.15) is 0 Å². The predicted molar refractivity (Wildman–Crippen MR) is 53.7 cm³/mol. The predicted octanol–water partition coefficient (Wildman–Crippen LogP) is 0.305. The molecule has 0 fully saturated rings. The summed E-state index contributed by atoms with van der Waals surface area (Å²) in [5.74, 6) is 0. The first-order chi connectivity index (χ1) is 6.66. The van der Waals surface area contributed by atoms with E-state index in [4.69, 9.17) is 14.8 Å². The Balaban J connectivity index is 3.18. The fourth-order valence-electron chi connectivity index (χ4n) is 0.919. The number of carbonyl (C=O) groups is 1. The zero-order valence-corrected chi connectivity index (χ0v) is 8.53. The summed E-state index contributed by atoms with van der Waals surface area (Å²) in [7, 11) is -1.53. The van der Waals surface area contributed by atoms with Gasteiger partial charge in [0.2, 0.25) is 0 Å². The highest BCUT2D eigenvalue weighted by molar-refractivity contribution is 6.41. The van der Waals surface area contributed by atoms with Crippen LogP contribution in [0.5, 0.6) is 0 Å². The van der Waals surface area contributed by atoms with Gasteiger partial charge in [0, 0.05) is 0 Å². The van der Waals surface area contributed by atoms with Gasteiger partial charge in [0.05, 0.1) is 13.1 Å². The van der Waals surface area contributed by atoms with Crippen molar-refractivity contribution < 1.29 is 19.6 Å². The molecule has 0 saturated carbocycles. The molecule has 0 rings (SSSR count). The van der Waals surface area contributed by atoms with Gasteiger partial charge in [-0.2, -0.15) is 0 Å². The van der Waals surface area contributed by atoms with E-state index < -0.39 is 13.2 Å². The van der Waals surface area contributed by atoms with Gasteiger partial charge in [-0.05, 0) is 6.42 Å². The van der Waals surface area contributed by atoms with Gasteiger partial charge in [-0.25, -0.2) is 4.79 Å². The molecule has 3 N–H and O–H groups in total. The first-order valence-electron chi connectivity index (χ1n) is 4.93. The van der Waals surface area contributed by atoms with Crippen LogP contribution in [0.2, 0.25) is 0 Å². The number of ether oxygens (including phenoxy) is 1. The Hall–Kier alpha value is -0.745. The Morgan fingerprint density at radius 2 is 2.07 bits per heavy atom. The molecular weight excluding hydrogens is 185 g/mol. The minimum atomic E-state index is -1.53. The van der Waals surface area contributed by atoms with E-state index in [0.29, 0.717) is 6.61 Å². The number of rotatable bonds is 7. The van der Waals surface area contributed by atoms with E-state index in [1.165, 1.54) is 0 Å². The minimum Gasteiger partial charge on any atom is -0.450 e. The average Bonchev–Trinajstić information content (AvgIpc) is 2.14. The third-order valence-electron chi connectivity index (χ3n) is 1.66. The minimum absolute atomic E-state index is 0.201. The Morgan fingerprint density at radius 3 is 2.64 bits per heavy atom. The Kier molecular flexibility index (Phi) is 8.37. The lowest BCUT2D eigenvalue weighted by Gasteiger charge is -2.05. The van der Waals surface area contributed by atoms with Crippen molar-refractivity contribution >= 4 is 13.2 Å². The molecule has 0 heterocycles. The number of amides is 1. The van der Waals surface area contributed by atoms with Gasteiger partial charge < -0.3 is 20.1 Å². The number of nitrogens with one attached hydrogen (secondary N) is 1. The highest BCUT2D eigenvalue weighted by Crippen LogP contribution is 1.98. The molecule has 0 aromatic rings. The van der Waals surface area contributed by atoms with E-state index in [0.717, 1.165) is 25.7 Å². The first kappa shape index (κ1) is 13.3. The van der Waals surface area contributed by atoms with Crippen LogP contribution in [-0.2, 0) is 4.74 Å². The lowest BCUT2D eigenvalue weighted by atomic mass is 9.93. The molecule has 0 aliphatic rings. The van der Waals surface area contributed by atoms with Crippen LogP contribution in [0.25, 0.3) is 0 Å². The SMILES string of the molecule is CCCCCCOC(=O)NCB(O)O. The molecule has 5 nitrogen and oxygen atoms in total. The summed E-state index contributed by atoms with van der Waals surface area (Å²) in [4.78, 5) is 10.8. The molecule has 0 aromatic heterocycles. The lowest BCUT2D eigenvalue weighted by Crippen LogP contribution is -2.35. The van der Waals surface area contributed by atoms with E-state index >= 15 is 0 Å². The maximum absolute atomic E-state index is 10.8. The number of unbranched alkanes of at least 4 members (excludes halogenated alkanes) is 3. The van der Waals surface area contributed by atoms with Crippen LogP contribution in [0.1, 0.15) is 32.6 Å². The smallest absolute Gasteiger partial charge is 0.450 e. The van der Waals surface area contributed by atoms with Crippen LogP contribution in [-0.4, -0.2) is 36.3 Å². The van der Waals surface area contributed by atoms with Gasteiger partial charge in [0.15, 0.2) is 0 Å². The summed E-state index contributed by atoms with van der Waals surface area (Å²) < 4.78 is 4.77. The van der Waals surface area contributed by atoms with Crippen LogP contribution in [0.4, 0.5) is 4.79 Å². The number of hydrogen-bond donors (Lipinski definition) is 3. The third-order valence-corrected chi connectivity index (χ3v) is 1.66. The van der Waals surface area contributed by atoms with Crippen LogP contribution in [0, 0.1) is 0 Å². The summed E-state index contributed by atoms with van der Waals surface area (Å²) in [6.07, 6.45) is 3.38. The second-order valence-electron chi connectivity index (χ2n) is 3.06. The molecule has 6 heteroatoms. The number of hydrogen-bond acceptors (Lipinski definition) is 4. The summed E-state index contributed by atoms with van der Waals surface area (Å²) in [5.41, 5.74) is 0. The van der Waals surface area contributed by atoms with Crippen LogP contribution >= 0.6 is 0 Å². The van der Waals surface area contributed by atoms with E-state index in [2.05, 4.69) is 12.2 Å². The lowest BCUT2D eigenvalue weighted by molar-refractivity contribution is 0.144. The third kappa shape index (κ3) is 9.34. The van der Waals surface area contributed by atoms with E-state index in [9.17, 15) is 4.79 Å². The summed E-state index contributed by atoms with van der Waals surface area (Å²) >= 11 is 0. The molecule has 0 atom stereocenters. The van der Waals surface area contributed by atoms with Gasteiger partial charge >= 0.3 is 13.2 Å². The Morgan fingerprint density at radius 1 is 1.36 bits per heavy atom. The summed E-state index contributed by atoms with van der Waals surface area (Å²) in [5, 5.41) is 19.1. The van der Waals surface area contributed by atoms with Gasteiger partial charge in [-0.1, -0.05) is 26.2 Å². The van der Waals surface area contributed by atoms with Crippen molar-refractivity contribution in [2.24, 2.45) is 0 Å². The number of carbonyl (C=O) groups excluding carboxylic acids is 1. The molecule has 0 bridgehead atoms. The Bertz CT molecular complexity index is 154. The van der Waals surface area contributed by atoms with Crippen molar-refractivity contribution in [2.75, 3.05) is 13.1 Å². The van der Waals surface area contributed by atoms with E-state index in [1.807, 2.05) is 0 Å². The van der Waals surface area contributed by atoms with Gasteiger partial charge in [-0.15, -0.1) is 0 Å². The van der Waals surface area contributed by atoms with E-state index in [1.54, 1.807) is 0 Å². The second-order valence-corrected chi connectivity index (χ2v) is 3.06. The second kappa shape index (κ2) is 8.84. The van der Waals surface area contributed by atoms with Crippen molar-refractivity contribution in [2.45, 2.75) is 32.6 Å². The molecule has 0 saturated heterocycles. The number of alkyl carbamates (subject to hydrolysis) is 1. The van der Waals surface area contributed by atoms with Crippen molar-refractivity contribution in [3.05, 3.63) is 0 Å². The van der Waals surface area contributed by atoms with Crippen molar-refractivity contribution in [3.63, 3.8) is 0 Å². The zero-order chi connectivity index (χ0) is 10.8. The van der Waals surface area contributed by atoms with E-state index in [-0.39, 0.29) is 6.44 Å². The fraction of sp³-hybridized carbons (Fsp3) is 0.875. The van der Waals surface area contributed by atoms with Crippen LogP contribution < -0.4 is 5.32 Å². The first-order valence-corrected chi connectivity index (χ1v) is 4.93. The maximum Gasteiger partial charge on any atom is 0.472 e. The molecular formula is C8H18BNO4. The van der Waals surface area contributed by atoms with Gasteiger partial charge in [0.25, 0.3) is 0 Å². The van der Waals surface area contributed by atoms with Crippen molar-refractivity contribution in [3.8, 4) is 0 Å². The van der Waals surface area contributed by atoms with Gasteiger partial charge in [-0.3, -0.25) is 0 Å². The maximum atomic E-state index is 10.8. The normalized spacial score (nSPS) is 9.64. The van der Waals surface area contributed by atoms with Crippen molar-refractivity contribution in [1.82, 2.24) is 5.32 Å². The van der Waals surface area contributed by atoms with Crippen LogP contribution in [0.3, 0.4) is 0 Å². The Labute approximate surface area is 84.6 Å². The summed E-state index contributed by atoms with van der Waals surface area (Å²) in [6, 6.07) is 0. The molecule has 0 radical (unpaired) electrons. The molecule has 82 valence electrons. The zero-order valence-electron chi connectivity index (χ0n) is 8.53. The molecule has 0 aromatic carbocycles. The van der Waals surface area contributed by atoms with Crippen LogP contribution in [0.15, 0.2) is 0 Å². The molecule has 14 heavy (non-hydrogen) atoms. The topological polar surface area (TPSA) is 78.8 Å². The molecule has 0 aliphatic carbocycles. The largest absolute Gasteiger partial charge is 0.472 e. The molecule has 0 aliphatic heterocycles. The average molecular weight is 203 g/mol. The molecule has 0 spiro atoms. The highest BCUT2D eigenvalue weighted by atomic mass is 16.5. The monoisotopic (exact) mass is 203 g/mol. The quantitative estimate of drug-likeness (QED) is 0.410. The fourth-order valence-corrected chi connectivity index (χ4v) is 0.919. The highest BCUT2D eigenvalue weighted by Gasteiger charge is 2.09. The molecule has 1 amide bonds. The van der Waals surface area contributed by atoms with Crippen molar-refractivity contribution in [1.29, 1.82) is 0 Å².